The molecule has 0 saturated carbocycles. The van der Waals surface area contributed by atoms with Crippen molar-refractivity contribution in [3.05, 3.63) is 0 Å². The molecule has 2 atom stereocenters. The van der Waals surface area contributed by atoms with E-state index in [1.807, 2.05) is 6.92 Å². The van der Waals surface area contributed by atoms with Gasteiger partial charge in [-0.15, -0.1) is 0 Å². The Kier molecular flexibility index (Phi) is 6.88. The summed E-state index contributed by atoms with van der Waals surface area (Å²) in [5.41, 5.74) is 10.5. The number of carbonyl (C=O) groups excluding carboxylic acids is 2. The summed E-state index contributed by atoms with van der Waals surface area (Å²) in [5.74, 6) is -2.56. The summed E-state index contributed by atoms with van der Waals surface area (Å²) in [4.78, 5) is 32.7. The first-order valence-corrected chi connectivity index (χ1v) is 5.42. The summed E-state index contributed by atoms with van der Waals surface area (Å²) in [6.45, 7) is 1.94. The first-order chi connectivity index (χ1) is 7.86. The number of carboxylic acid groups (broad SMARTS) is 1. The van der Waals surface area contributed by atoms with E-state index >= 15 is 0 Å². The van der Waals surface area contributed by atoms with Crippen LogP contribution in [0.2, 0.25) is 0 Å². The lowest BCUT2D eigenvalue weighted by atomic mass is 10.1. The summed E-state index contributed by atoms with van der Waals surface area (Å²) >= 11 is 0. The molecule has 0 spiro atoms. The largest absolute Gasteiger partial charge is 0.480 e. The summed E-state index contributed by atoms with van der Waals surface area (Å²) in [6, 6.07) is -1.59. The van der Waals surface area contributed by atoms with Gasteiger partial charge < -0.3 is 21.9 Å². The van der Waals surface area contributed by atoms with Gasteiger partial charge >= 0.3 is 5.97 Å². The predicted octanol–water partition coefficient (Wildman–Crippen LogP) is -1.05. The molecule has 7 heteroatoms. The van der Waals surface area contributed by atoms with Gasteiger partial charge in [0, 0.05) is 12.5 Å². The second kappa shape index (κ2) is 7.61. The highest BCUT2D eigenvalue weighted by Gasteiger charge is 2.22. The van der Waals surface area contributed by atoms with Crippen molar-refractivity contribution in [2.45, 2.75) is 44.7 Å². The maximum absolute atomic E-state index is 11.4. The Hall–Kier alpha value is -1.63. The molecule has 0 aliphatic heterocycles. The third-order valence-corrected chi connectivity index (χ3v) is 2.15. The van der Waals surface area contributed by atoms with Crippen LogP contribution in [0.5, 0.6) is 0 Å². The molecule has 0 heterocycles. The van der Waals surface area contributed by atoms with Gasteiger partial charge in [0.2, 0.25) is 11.8 Å². The minimum absolute atomic E-state index is 0.0381. The van der Waals surface area contributed by atoms with E-state index in [0.29, 0.717) is 6.42 Å². The highest BCUT2D eigenvalue weighted by molar-refractivity contribution is 5.88. The highest BCUT2D eigenvalue weighted by Crippen LogP contribution is 2.00. The Morgan fingerprint density at radius 2 is 1.88 bits per heavy atom. The van der Waals surface area contributed by atoms with Crippen molar-refractivity contribution in [1.82, 2.24) is 5.32 Å². The molecule has 0 aromatic rings. The number of rotatable bonds is 8. The first-order valence-electron chi connectivity index (χ1n) is 5.42. The molecule has 0 aliphatic carbocycles. The fraction of sp³-hybridized carbons (Fsp3) is 0.700. The van der Waals surface area contributed by atoms with Crippen LogP contribution in [0.4, 0.5) is 0 Å². The van der Waals surface area contributed by atoms with Crippen LogP contribution in [0.1, 0.15) is 32.6 Å². The van der Waals surface area contributed by atoms with E-state index < -0.39 is 30.2 Å². The number of amides is 2. The van der Waals surface area contributed by atoms with E-state index in [0.717, 1.165) is 6.42 Å². The van der Waals surface area contributed by atoms with Crippen LogP contribution >= 0.6 is 0 Å². The minimum atomic E-state index is -1.29. The topological polar surface area (TPSA) is 136 Å². The monoisotopic (exact) mass is 245 g/mol. The van der Waals surface area contributed by atoms with Crippen molar-refractivity contribution >= 4 is 17.8 Å². The Morgan fingerprint density at radius 1 is 1.29 bits per heavy atom. The lowest BCUT2D eigenvalue weighted by molar-refractivity contribution is -0.143. The Labute approximate surface area is 99.5 Å². The number of carboxylic acids is 1. The summed E-state index contributed by atoms with van der Waals surface area (Å²) < 4.78 is 0. The normalized spacial score (nSPS) is 13.8. The molecular formula is C10H19N3O4. The van der Waals surface area contributed by atoms with Crippen LogP contribution in [0.25, 0.3) is 0 Å². The van der Waals surface area contributed by atoms with Gasteiger partial charge in [0.1, 0.15) is 6.04 Å². The number of aliphatic carboxylic acids is 1. The standard InChI is InChI=1S/C10H19N3O4/c1-2-3-6(11)4-9(15)13-7(10(16)17)5-8(12)14/h6-7H,2-5,11H2,1H3,(H2,12,14)(H,13,15)(H,16,17)/t6?,7-/m0/s1. The van der Waals surface area contributed by atoms with E-state index in [9.17, 15) is 14.4 Å². The average Bonchev–Trinajstić information content (AvgIpc) is 2.15. The number of primary amides is 1. The number of nitrogens with two attached hydrogens (primary N) is 2. The number of hydrogen-bond donors (Lipinski definition) is 4. The van der Waals surface area contributed by atoms with Gasteiger partial charge in [-0.1, -0.05) is 13.3 Å². The van der Waals surface area contributed by atoms with Crippen LogP contribution in [0, 0.1) is 0 Å². The molecule has 0 bridgehead atoms. The second-order valence-electron chi connectivity index (χ2n) is 3.88. The van der Waals surface area contributed by atoms with Crippen LogP contribution in [-0.2, 0) is 14.4 Å². The molecule has 2 amide bonds. The van der Waals surface area contributed by atoms with Crippen molar-refractivity contribution in [3.63, 3.8) is 0 Å². The van der Waals surface area contributed by atoms with E-state index in [1.165, 1.54) is 0 Å². The highest BCUT2D eigenvalue weighted by atomic mass is 16.4. The van der Waals surface area contributed by atoms with Gasteiger partial charge in [-0.2, -0.15) is 0 Å². The fourth-order valence-electron chi connectivity index (χ4n) is 1.37. The second-order valence-corrected chi connectivity index (χ2v) is 3.88. The van der Waals surface area contributed by atoms with Crippen LogP contribution in [0.15, 0.2) is 0 Å². The number of nitrogens with one attached hydrogen (secondary N) is 1. The first kappa shape index (κ1) is 15.4. The third-order valence-electron chi connectivity index (χ3n) is 2.15. The van der Waals surface area contributed by atoms with Crippen LogP contribution in [-0.4, -0.2) is 35.0 Å². The van der Waals surface area contributed by atoms with Crippen molar-refractivity contribution in [3.8, 4) is 0 Å². The molecular weight excluding hydrogens is 226 g/mol. The molecule has 1 unspecified atom stereocenters. The lowest BCUT2D eigenvalue weighted by Gasteiger charge is -2.15. The zero-order chi connectivity index (χ0) is 13.4. The predicted molar refractivity (Wildman–Crippen MR) is 60.9 cm³/mol. The third kappa shape index (κ3) is 7.29. The molecule has 0 fully saturated rings. The number of carbonyl (C=O) groups is 3. The Morgan fingerprint density at radius 3 is 2.29 bits per heavy atom. The van der Waals surface area contributed by atoms with E-state index in [2.05, 4.69) is 5.32 Å². The van der Waals surface area contributed by atoms with E-state index in [4.69, 9.17) is 16.6 Å². The number of hydrogen-bond acceptors (Lipinski definition) is 4. The molecule has 0 aliphatic rings. The molecule has 0 aromatic heterocycles. The molecule has 0 saturated heterocycles. The fourth-order valence-corrected chi connectivity index (χ4v) is 1.37. The zero-order valence-corrected chi connectivity index (χ0v) is 9.81. The molecule has 6 N–H and O–H groups in total. The molecule has 98 valence electrons. The van der Waals surface area contributed by atoms with Crippen LogP contribution < -0.4 is 16.8 Å². The molecule has 0 rings (SSSR count). The minimum Gasteiger partial charge on any atom is -0.480 e. The van der Waals surface area contributed by atoms with Crippen molar-refractivity contribution in [2.75, 3.05) is 0 Å². The maximum Gasteiger partial charge on any atom is 0.326 e. The molecule has 7 nitrogen and oxygen atoms in total. The van der Waals surface area contributed by atoms with Gasteiger partial charge in [0.05, 0.1) is 6.42 Å². The smallest absolute Gasteiger partial charge is 0.326 e. The summed E-state index contributed by atoms with van der Waals surface area (Å²) in [7, 11) is 0. The van der Waals surface area contributed by atoms with E-state index in [1.54, 1.807) is 0 Å². The van der Waals surface area contributed by atoms with Gasteiger partial charge in [-0.3, -0.25) is 9.59 Å². The summed E-state index contributed by atoms with van der Waals surface area (Å²) in [6.07, 6.45) is 1.14. The average molecular weight is 245 g/mol. The van der Waals surface area contributed by atoms with Gasteiger partial charge in [0.25, 0.3) is 0 Å². The molecule has 0 radical (unpaired) electrons. The van der Waals surface area contributed by atoms with Gasteiger partial charge in [0.15, 0.2) is 0 Å². The zero-order valence-electron chi connectivity index (χ0n) is 9.81. The van der Waals surface area contributed by atoms with Crippen molar-refractivity contribution in [2.24, 2.45) is 11.5 Å². The Balaban J connectivity index is 4.21. The lowest BCUT2D eigenvalue weighted by Crippen LogP contribution is -2.44. The van der Waals surface area contributed by atoms with E-state index in [-0.39, 0.29) is 12.5 Å². The quantitative estimate of drug-likeness (QED) is 0.432. The van der Waals surface area contributed by atoms with Crippen LogP contribution in [0.3, 0.4) is 0 Å². The van der Waals surface area contributed by atoms with Crippen molar-refractivity contribution < 1.29 is 19.5 Å². The van der Waals surface area contributed by atoms with Crippen molar-refractivity contribution in [1.29, 1.82) is 0 Å². The SMILES string of the molecule is CCCC(N)CC(=O)N[C@@H](CC(N)=O)C(=O)O. The molecule has 17 heavy (non-hydrogen) atoms. The molecule has 0 aromatic carbocycles. The summed E-state index contributed by atoms with van der Waals surface area (Å²) in [5, 5.41) is 11.0. The van der Waals surface area contributed by atoms with Gasteiger partial charge in [-0.05, 0) is 6.42 Å². The Bertz CT molecular complexity index is 293. The maximum atomic E-state index is 11.4. The van der Waals surface area contributed by atoms with Gasteiger partial charge in [-0.25, -0.2) is 4.79 Å².